The Morgan fingerprint density at radius 3 is 1.85 bits per heavy atom. The predicted octanol–water partition coefficient (Wildman–Crippen LogP) is 12.2. The summed E-state index contributed by atoms with van der Waals surface area (Å²) in [4.78, 5) is 10.0. The topological polar surface area (TPSA) is 50.9 Å². The normalized spacial score (nSPS) is 12.0. The minimum absolute atomic E-state index is 0. The van der Waals surface area contributed by atoms with E-state index in [1.54, 1.807) is 24.3 Å². The molecule has 0 spiro atoms. The van der Waals surface area contributed by atoms with Gasteiger partial charge >= 0.3 is 0 Å². The van der Waals surface area contributed by atoms with E-state index in [9.17, 15) is 5.11 Å². The second-order valence-electron chi connectivity index (χ2n) is 12.9. The second-order valence-corrected chi connectivity index (χ2v) is 12.9. The third-order valence-corrected chi connectivity index (χ3v) is 9.58. The van der Waals surface area contributed by atoms with Gasteiger partial charge in [-0.15, -0.1) is 23.8 Å². The molecule has 4 nitrogen and oxygen atoms in total. The Balaban J connectivity index is 0.00000455. The molecule has 0 aliphatic carbocycles. The zero-order valence-electron chi connectivity index (χ0n) is 31.9. The van der Waals surface area contributed by atoms with Gasteiger partial charge < -0.3 is 5.11 Å². The summed E-state index contributed by atoms with van der Waals surface area (Å²) in [6.07, 6.45) is 1.83. The van der Waals surface area contributed by atoms with Gasteiger partial charge in [0, 0.05) is 37.1 Å². The number of fused-ring (bicyclic) bond motifs is 1. The zero-order chi connectivity index (χ0) is 38.2. The summed E-state index contributed by atoms with van der Waals surface area (Å²) in [6.45, 7) is -2.46. The van der Waals surface area contributed by atoms with Crippen molar-refractivity contribution in [2.75, 3.05) is 0 Å². The van der Waals surface area contributed by atoms with Crippen molar-refractivity contribution in [1.82, 2.24) is 14.5 Å². The van der Waals surface area contributed by atoms with E-state index in [1.807, 2.05) is 120 Å². The Kier molecular flexibility index (Phi) is 8.63. The van der Waals surface area contributed by atoms with Gasteiger partial charge in [-0.05, 0) is 76.6 Å². The van der Waals surface area contributed by atoms with Crippen molar-refractivity contribution in [3.8, 4) is 78.6 Å². The van der Waals surface area contributed by atoms with E-state index < -0.39 is 6.85 Å². The Morgan fingerprint density at radius 2 is 1.17 bits per heavy atom. The van der Waals surface area contributed by atoms with Gasteiger partial charge in [0.05, 0.1) is 22.3 Å². The molecule has 0 aliphatic heterocycles. The van der Waals surface area contributed by atoms with Gasteiger partial charge in [-0.2, -0.15) is 0 Å². The van der Waals surface area contributed by atoms with E-state index in [2.05, 4.69) is 48.5 Å². The number of para-hydroxylation sites is 2. The zero-order valence-corrected chi connectivity index (χ0v) is 31.2. The molecule has 0 radical (unpaired) electrons. The molecule has 0 unspecified atom stereocenters. The minimum atomic E-state index is -2.46. The van der Waals surface area contributed by atoms with Gasteiger partial charge in [-0.25, -0.2) is 4.98 Å². The van der Waals surface area contributed by atoms with Gasteiger partial charge in [0.1, 0.15) is 11.6 Å². The maximum atomic E-state index is 11.2. The van der Waals surface area contributed by atoms with Gasteiger partial charge in [0.15, 0.2) is 0 Å². The average Bonchev–Trinajstić information content (AvgIpc) is 3.63. The van der Waals surface area contributed by atoms with Crippen molar-refractivity contribution in [2.45, 2.75) is 6.85 Å². The Hall–Kier alpha value is -6.35. The number of pyridine rings is 1. The quantitative estimate of drug-likeness (QED) is 0.162. The molecule has 0 fully saturated rings. The fourth-order valence-electron chi connectivity index (χ4n) is 6.98. The summed E-state index contributed by atoms with van der Waals surface area (Å²) in [5.74, 6) is 0.450. The van der Waals surface area contributed by atoms with Crippen LogP contribution in [0.15, 0.2) is 182 Å². The number of hydrogen-bond donors (Lipinski definition) is 1. The van der Waals surface area contributed by atoms with Crippen molar-refractivity contribution >= 4 is 11.0 Å². The van der Waals surface area contributed by atoms with Gasteiger partial charge in [-0.1, -0.05) is 144 Å². The number of aryl methyl sites for hydroxylation is 1. The maximum Gasteiger partial charge on any atom is 0.148 e. The number of aromatic nitrogens is 3. The standard InChI is InChI=1S/C49H34N3O.Pt/c1-33-28-37(34-14-5-2-6-15-34)24-25-45(33)52-46-22-13-21-42(48(46)51-49(52)43-20-11-12-23-47(43)53)40-29-39(36-18-9-4-10-19-36)30-41(31-40)44-32-38(26-27-50-44)35-16-7-3-8-17-35;/h2-30,32,53H,1H3;/q-1;/i1D3;. The molecule has 0 atom stereocenters. The van der Waals surface area contributed by atoms with Crippen LogP contribution in [0.2, 0.25) is 0 Å². The van der Waals surface area contributed by atoms with Crippen LogP contribution in [0, 0.1) is 12.9 Å². The molecular formula is C49H34N3OPt-. The van der Waals surface area contributed by atoms with Gasteiger partial charge in [-0.3, -0.25) is 9.55 Å². The third kappa shape index (κ3) is 6.57. The van der Waals surface area contributed by atoms with Crippen LogP contribution in [0.5, 0.6) is 5.75 Å². The van der Waals surface area contributed by atoms with Crippen LogP contribution in [0.25, 0.3) is 83.9 Å². The van der Waals surface area contributed by atoms with Gasteiger partial charge in [0.25, 0.3) is 0 Å². The van der Waals surface area contributed by atoms with E-state index in [-0.39, 0.29) is 32.4 Å². The predicted molar refractivity (Wildman–Crippen MR) is 217 cm³/mol. The smallest absolute Gasteiger partial charge is 0.148 e. The summed E-state index contributed by atoms with van der Waals surface area (Å²) in [7, 11) is 0. The van der Waals surface area contributed by atoms with Crippen molar-refractivity contribution in [3.63, 3.8) is 0 Å². The molecule has 0 bridgehead atoms. The molecule has 0 saturated heterocycles. The molecule has 0 aliphatic rings. The number of phenolic OH excluding ortho intramolecular Hbond substituents is 1. The number of hydrogen-bond acceptors (Lipinski definition) is 3. The van der Waals surface area contributed by atoms with E-state index in [0.29, 0.717) is 28.1 Å². The summed E-state index contributed by atoms with van der Waals surface area (Å²) in [5, 5.41) is 11.2. The summed E-state index contributed by atoms with van der Waals surface area (Å²) in [6, 6.07) is 60.6. The summed E-state index contributed by atoms with van der Waals surface area (Å²) in [5.41, 5.74) is 11.5. The van der Waals surface area contributed by atoms with Crippen LogP contribution in [0.1, 0.15) is 9.68 Å². The van der Waals surface area contributed by atoms with Crippen molar-refractivity contribution in [2.24, 2.45) is 0 Å². The fraction of sp³-hybridized carbons (Fsp3) is 0.0204. The van der Waals surface area contributed by atoms with E-state index in [4.69, 9.17) is 14.1 Å². The number of benzene rings is 7. The van der Waals surface area contributed by atoms with Crippen LogP contribution in [0.4, 0.5) is 0 Å². The molecule has 2 aromatic heterocycles. The van der Waals surface area contributed by atoms with Crippen molar-refractivity contribution in [1.29, 1.82) is 0 Å². The first kappa shape index (κ1) is 31.2. The number of aromatic hydroxyl groups is 1. The molecule has 54 heavy (non-hydrogen) atoms. The number of rotatable bonds is 7. The molecule has 5 heteroatoms. The van der Waals surface area contributed by atoms with Crippen LogP contribution >= 0.6 is 0 Å². The maximum absolute atomic E-state index is 11.2. The van der Waals surface area contributed by atoms with E-state index in [1.165, 1.54) is 0 Å². The molecule has 0 amide bonds. The molecular weight excluding hydrogens is 842 g/mol. The van der Waals surface area contributed by atoms with Crippen LogP contribution in [0.3, 0.4) is 0 Å². The van der Waals surface area contributed by atoms with Crippen LogP contribution in [-0.4, -0.2) is 19.6 Å². The SMILES string of the molecule is [2H]C([2H])([2H])c1cc(-c2ccccc2)ccc1-n1c(-c2ccccc2O)nc2c(-c3[c-]c(-c4cc(-c5ccccc5)ccn4)cc(-c4ccccc4)c3)cccc21.[Pt]. The number of phenols is 1. The average molecular weight is 879 g/mol. The summed E-state index contributed by atoms with van der Waals surface area (Å²) < 4.78 is 28.0. The molecule has 0 saturated carbocycles. The molecule has 7 aromatic carbocycles. The number of nitrogens with zero attached hydrogens (tertiary/aromatic N) is 3. The molecule has 2 heterocycles. The van der Waals surface area contributed by atoms with E-state index >= 15 is 0 Å². The van der Waals surface area contributed by atoms with Crippen molar-refractivity contribution in [3.05, 3.63) is 194 Å². The summed E-state index contributed by atoms with van der Waals surface area (Å²) >= 11 is 0. The monoisotopic (exact) mass is 878 g/mol. The largest absolute Gasteiger partial charge is 0.507 e. The molecule has 262 valence electrons. The first-order chi connectivity index (χ1) is 27.3. The molecule has 9 rings (SSSR count). The Morgan fingerprint density at radius 1 is 0.556 bits per heavy atom. The molecule has 1 N–H and O–H groups in total. The van der Waals surface area contributed by atoms with Crippen LogP contribution < -0.4 is 0 Å². The van der Waals surface area contributed by atoms with E-state index in [0.717, 1.165) is 55.8 Å². The Bertz CT molecular complexity index is 2860. The Labute approximate surface area is 333 Å². The van der Waals surface area contributed by atoms with Crippen molar-refractivity contribution < 1.29 is 30.3 Å². The van der Waals surface area contributed by atoms with Crippen LogP contribution in [-0.2, 0) is 21.1 Å². The second kappa shape index (κ2) is 14.9. The first-order valence-electron chi connectivity index (χ1n) is 19.0. The van der Waals surface area contributed by atoms with Gasteiger partial charge in [0.2, 0.25) is 0 Å². The molecule has 9 aromatic rings. The number of imidazole rings is 1. The minimum Gasteiger partial charge on any atom is -0.507 e. The first-order valence-corrected chi connectivity index (χ1v) is 17.5. The third-order valence-electron chi connectivity index (χ3n) is 9.58. The fourth-order valence-corrected chi connectivity index (χ4v) is 6.98.